The van der Waals surface area contributed by atoms with E-state index in [4.69, 9.17) is 13.2 Å². The molecular formula is H14N3O5Sb. The fraction of sp³-hybridized carbons (Fsp3) is 0. The summed E-state index contributed by atoms with van der Waals surface area (Å²) in [6.07, 6.45) is 0. The molecule has 0 rings (SSSR count). The third-order valence-corrected chi connectivity index (χ3v) is 0. The van der Waals surface area contributed by atoms with Crippen molar-refractivity contribution >= 4 is 20.1 Å². The van der Waals surface area contributed by atoms with Gasteiger partial charge in [0.05, 0.1) is 0 Å². The van der Waals surface area contributed by atoms with Crippen LogP contribution in [0.3, 0.4) is 0 Å². The summed E-state index contributed by atoms with van der Waals surface area (Å²) >= 11 is -6.10. The Morgan fingerprint density at radius 2 is 0.889 bits per heavy atom. The second-order valence-corrected chi connectivity index (χ2v) is 3.00. The molecule has 0 heterocycles. The van der Waals surface area contributed by atoms with E-state index in [1.165, 1.54) is 0 Å². The molecule has 0 saturated heterocycles. The number of hydrogen-bond donors (Lipinski definition) is 3. The number of rotatable bonds is 0. The fourth-order valence-corrected chi connectivity index (χ4v) is 0. The van der Waals surface area contributed by atoms with E-state index in [2.05, 4.69) is 0 Å². The monoisotopic (exact) mass is 257 g/mol. The molecule has 0 fully saturated rings. The number of quaternary nitrogens is 3. The van der Waals surface area contributed by atoms with E-state index < -0.39 is 20.1 Å². The first-order chi connectivity index (χ1) is 2.00. The van der Waals surface area contributed by atoms with E-state index in [0.717, 1.165) is 0 Å². The molecular weight excluding hydrogens is 244 g/mol. The molecule has 0 atom stereocenters. The van der Waals surface area contributed by atoms with Gasteiger partial charge in [-0.2, -0.15) is 0 Å². The van der Waals surface area contributed by atoms with E-state index in [-0.39, 0.29) is 23.9 Å². The summed E-state index contributed by atoms with van der Waals surface area (Å²) in [6.45, 7) is 0. The molecule has 0 bridgehead atoms. The van der Waals surface area contributed by atoms with Crippen molar-refractivity contribution in [2.24, 2.45) is 0 Å². The van der Waals surface area contributed by atoms with Crippen molar-refractivity contribution in [1.82, 2.24) is 18.5 Å². The van der Waals surface area contributed by atoms with Crippen molar-refractivity contribution in [3.8, 4) is 0 Å². The molecule has 0 aliphatic heterocycles. The summed E-state index contributed by atoms with van der Waals surface area (Å²) in [5.41, 5.74) is 0. The van der Waals surface area contributed by atoms with Gasteiger partial charge in [0.2, 0.25) is 0 Å². The van der Waals surface area contributed by atoms with Gasteiger partial charge >= 0.3 is 33.2 Å². The summed E-state index contributed by atoms with van der Waals surface area (Å²) in [5.74, 6) is 0. The topological polar surface area (TPSA) is 227 Å². The third kappa shape index (κ3) is 2930. The predicted molar refractivity (Wildman–Crippen MR) is 28.0 cm³/mol. The van der Waals surface area contributed by atoms with Gasteiger partial charge in [-0.1, -0.05) is 0 Å². The zero-order valence-corrected chi connectivity index (χ0v) is 8.13. The molecule has 0 aliphatic rings. The molecule has 9 heteroatoms. The molecule has 0 aliphatic carbocycles. The fourth-order valence-electron chi connectivity index (χ4n) is 0. The van der Waals surface area contributed by atoms with E-state index in [9.17, 15) is 0 Å². The Labute approximate surface area is 57.6 Å². The van der Waals surface area contributed by atoms with Gasteiger partial charge in [-0.3, -0.25) is 0 Å². The Kier molecular flexibility index (Phi) is 42.8. The van der Waals surface area contributed by atoms with Gasteiger partial charge in [-0.25, -0.2) is 0 Å². The summed E-state index contributed by atoms with van der Waals surface area (Å²) in [6, 6.07) is 0. The average molecular weight is 258 g/mol. The van der Waals surface area contributed by atoms with Crippen LogP contribution < -0.4 is 28.6 Å². The molecule has 8 nitrogen and oxygen atoms in total. The van der Waals surface area contributed by atoms with Crippen molar-refractivity contribution in [3.63, 3.8) is 0 Å². The molecule has 0 unspecified atom stereocenters. The second-order valence-electron chi connectivity index (χ2n) is 0.447. The molecule has 14 N–H and O–H groups in total. The summed E-state index contributed by atoms with van der Waals surface area (Å²) < 4.78 is 34.6. The Morgan fingerprint density at radius 1 is 0.889 bits per heavy atom. The van der Waals surface area contributed by atoms with Crippen molar-refractivity contribution in [2.75, 3.05) is 0 Å². The first kappa shape index (κ1) is 34.5. The van der Waals surface area contributed by atoms with Gasteiger partial charge < -0.3 is 23.9 Å². The SMILES string of the molecule is O.[NH4+].[NH4+].[NH4+].[O]=[Sb]([O-])([O-])[O-]. The maximum atomic E-state index is 8.64. The zero-order valence-electron chi connectivity index (χ0n) is 5.58. The molecule has 0 amide bonds. The van der Waals surface area contributed by atoms with Gasteiger partial charge in [0.15, 0.2) is 0 Å². The molecule has 9 heavy (non-hydrogen) atoms. The Bertz CT molecular complexity index is 58.3. The van der Waals surface area contributed by atoms with Gasteiger partial charge in [0.1, 0.15) is 0 Å². The van der Waals surface area contributed by atoms with Crippen LogP contribution in [0.1, 0.15) is 0 Å². The van der Waals surface area contributed by atoms with Crippen LogP contribution in [0.2, 0.25) is 0 Å². The summed E-state index contributed by atoms with van der Waals surface area (Å²) in [7, 11) is 0. The minimum atomic E-state index is -6.10. The van der Waals surface area contributed by atoms with Crippen LogP contribution in [0.25, 0.3) is 0 Å². The summed E-state index contributed by atoms with van der Waals surface area (Å²) in [4.78, 5) is 0. The van der Waals surface area contributed by atoms with Crippen LogP contribution in [0, 0.1) is 0 Å². The second kappa shape index (κ2) is 11.2. The van der Waals surface area contributed by atoms with Crippen LogP contribution in [0.4, 0.5) is 0 Å². The first-order valence-corrected chi connectivity index (χ1v) is 4.90. The molecule has 0 aromatic heterocycles. The molecule has 0 spiro atoms. The van der Waals surface area contributed by atoms with Crippen LogP contribution in [-0.2, 0) is 3.02 Å². The maximum absolute atomic E-state index is 8.64. The normalized spacial score (nSPS) is 6.56. The molecule has 0 aromatic carbocycles. The Hall–Kier alpha value is 0.338. The summed E-state index contributed by atoms with van der Waals surface area (Å²) in [5, 5.41) is 0. The van der Waals surface area contributed by atoms with Gasteiger partial charge in [-0.15, -0.1) is 0 Å². The van der Waals surface area contributed by atoms with Gasteiger partial charge in [-0.05, 0) is 0 Å². The zero-order chi connectivity index (χ0) is 4.50. The average Bonchev–Trinajstić information content (AvgIpc) is 0.722. The van der Waals surface area contributed by atoms with Crippen LogP contribution >= 0.6 is 0 Å². The Balaban J connectivity index is -0.0000000133. The third-order valence-electron chi connectivity index (χ3n) is 0. The van der Waals surface area contributed by atoms with Crippen molar-refractivity contribution in [1.29, 1.82) is 0 Å². The van der Waals surface area contributed by atoms with Crippen molar-refractivity contribution in [3.05, 3.63) is 0 Å². The number of hydrogen-bond acceptors (Lipinski definition) is 4. The minimum absolute atomic E-state index is 0. The van der Waals surface area contributed by atoms with E-state index in [1.807, 2.05) is 0 Å². The van der Waals surface area contributed by atoms with Crippen LogP contribution in [-0.4, -0.2) is 25.5 Å². The first-order valence-electron chi connectivity index (χ1n) is 0.730. The molecule has 0 aromatic rings. The van der Waals surface area contributed by atoms with E-state index in [0.29, 0.717) is 0 Å². The van der Waals surface area contributed by atoms with Crippen molar-refractivity contribution < 1.29 is 18.6 Å². The van der Waals surface area contributed by atoms with Crippen molar-refractivity contribution in [2.45, 2.75) is 0 Å². The standard InChI is InChI=1S/3H3N.H2O.4O.Sb/h3*1H3;1H2;;;;;/q;;;;;3*-1;/p+3. The van der Waals surface area contributed by atoms with Crippen LogP contribution in [0.15, 0.2) is 0 Å². The van der Waals surface area contributed by atoms with Gasteiger partial charge in [0, 0.05) is 0 Å². The predicted octanol–water partition coefficient (Wildman–Crippen LogP) is -3.76. The quantitative estimate of drug-likeness (QED) is 0.371. The van der Waals surface area contributed by atoms with Gasteiger partial charge in [0.25, 0.3) is 0 Å². The Morgan fingerprint density at radius 3 is 0.889 bits per heavy atom. The van der Waals surface area contributed by atoms with Crippen LogP contribution in [0.5, 0.6) is 0 Å². The molecule has 64 valence electrons. The molecule has 0 radical (unpaired) electrons. The van der Waals surface area contributed by atoms with E-state index in [1.54, 1.807) is 0 Å². The van der Waals surface area contributed by atoms with E-state index >= 15 is 0 Å². The molecule has 0 saturated carbocycles.